The summed E-state index contributed by atoms with van der Waals surface area (Å²) < 4.78 is 1.98. The summed E-state index contributed by atoms with van der Waals surface area (Å²) in [5.74, 6) is 0.0731. The molecule has 1 saturated heterocycles. The lowest BCUT2D eigenvalue weighted by Crippen LogP contribution is -2.46. The molecule has 1 fully saturated rings. The Morgan fingerprint density at radius 3 is 2.14 bits per heavy atom. The van der Waals surface area contributed by atoms with Crippen LogP contribution in [0.2, 0.25) is 0 Å². The van der Waals surface area contributed by atoms with E-state index in [2.05, 4.69) is 40.5 Å². The summed E-state index contributed by atoms with van der Waals surface area (Å²) in [6.45, 7) is 3.01. The van der Waals surface area contributed by atoms with Gasteiger partial charge in [0.15, 0.2) is 0 Å². The Labute approximate surface area is 166 Å². The van der Waals surface area contributed by atoms with E-state index >= 15 is 0 Å². The van der Waals surface area contributed by atoms with Crippen LogP contribution in [0.5, 0.6) is 0 Å². The summed E-state index contributed by atoms with van der Waals surface area (Å²) in [6, 6.07) is 24.4. The SMILES string of the molecule is O=C(NC1CCN(Cc2ccccc2)CC1)C(c1ccccc1)n1cccc1. The molecular weight excluding hydrogens is 346 g/mol. The van der Waals surface area contributed by atoms with Crippen LogP contribution in [0.25, 0.3) is 0 Å². The van der Waals surface area contributed by atoms with Crippen LogP contribution in [0.3, 0.4) is 0 Å². The Balaban J connectivity index is 1.36. The molecule has 4 heteroatoms. The number of piperidine rings is 1. The number of amides is 1. The zero-order chi connectivity index (χ0) is 19.2. The van der Waals surface area contributed by atoms with Crippen LogP contribution < -0.4 is 5.32 Å². The van der Waals surface area contributed by atoms with E-state index in [-0.39, 0.29) is 18.0 Å². The minimum atomic E-state index is -0.321. The maximum Gasteiger partial charge on any atom is 0.247 e. The van der Waals surface area contributed by atoms with E-state index in [1.165, 1.54) is 5.56 Å². The lowest BCUT2D eigenvalue weighted by molar-refractivity contribution is -0.124. The van der Waals surface area contributed by atoms with E-state index in [1.807, 2.05) is 59.4 Å². The van der Waals surface area contributed by atoms with Crippen LogP contribution in [0.15, 0.2) is 85.2 Å². The molecule has 0 spiro atoms. The molecular formula is C24H27N3O. The Hall–Kier alpha value is -2.85. The minimum absolute atomic E-state index is 0.0731. The molecule has 2 heterocycles. The van der Waals surface area contributed by atoms with Gasteiger partial charge in [0.05, 0.1) is 0 Å². The Bertz CT molecular complexity index is 853. The van der Waals surface area contributed by atoms with Crippen molar-refractivity contribution in [1.29, 1.82) is 0 Å². The fourth-order valence-electron chi connectivity index (χ4n) is 3.97. The predicted octanol–water partition coefficient (Wildman–Crippen LogP) is 3.86. The fourth-order valence-corrected chi connectivity index (χ4v) is 3.97. The van der Waals surface area contributed by atoms with Crippen molar-refractivity contribution in [2.24, 2.45) is 0 Å². The summed E-state index contributed by atoms with van der Waals surface area (Å²) >= 11 is 0. The molecule has 0 radical (unpaired) electrons. The number of nitrogens with zero attached hydrogens (tertiary/aromatic N) is 2. The number of hydrogen-bond donors (Lipinski definition) is 1. The van der Waals surface area contributed by atoms with Gasteiger partial charge in [0.25, 0.3) is 0 Å². The van der Waals surface area contributed by atoms with E-state index in [1.54, 1.807) is 0 Å². The van der Waals surface area contributed by atoms with Crippen molar-refractivity contribution in [3.63, 3.8) is 0 Å². The second kappa shape index (κ2) is 8.89. The fraction of sp³-hybridized carbons (Fsp3) is 0.292. The first kappa shape index (κ1) is 18.5. The molecule has 4 nitrogen and oxygen atoms in total. The molecule has 4 rings (SSSR count). The number of likely N-dealkylation sites (tertiary alicyclic amines) is 1. The van der Waals surface area contributed by atoms with Crippen molar-refractivity contribution in [1.82, 2.24) is 14.8 Å². The lowest BCUT2D eigenvalue weighted by atomic mass is 10.0. The van der Waals surface area contributed by atoms with Gasteiger partial charge in [0.2, 0.25) is 5.91 Å². The van der Waals surface area contributed by atoms with Crippen molar-refractivity contribution < 1.29 is 4.79 Å². The smallest absolute Gasteiger partial charge is 0.247 e. The first-order valence-corrected chi connectivity index (χ1v) is 10.0. The molecule has 2 aromatic carbocycles. The van der Waals surface area contributed by atoms with Gasteiger partial charge in [-0.05, 0) is 36.1 Å². The first-order valence-electron chi connectivity index (χ1n) is 10.0. The Morgan fingerprint density at radius 1 is 0.893 bits per heavy atom. The third-order valence-electron chi connectivity index (χ3n) is 5.47. The van der Waals surface area contributed by atoms with Gasteiger partial charge in [0.1, 0.15) is 6.04 Å². The normalized spacial score (nSPS) is 16.6. The molecule has 0 saturated carbocycles. The molecule has 144 valence electrons. The molecule has 1 amide bonds. The number of nitrogens with one attached hydrogen (secondary N) is 1. The molecule has 0 aliphatic carbocycles. The van der Waals surface area contributed by atoms with Crippen LogP contribution in [0.1, 0.15) is 30.0 Å². The van der Waals surface area contributed by atoms with E-state index in [0.717, 1.165) is 38.0 Å². The predicted molar refractivity (Wildman–Crippen MR) is 112 cm³/mol. The average molecular weight is 374 g/mol. The zero-order valence-corrected chi connectivity index (χ0v) is 16.1. The van der Waals surface area contributed by atoms with Gasteiger partial charge in [-0.2, -0.15) is 0 Å². The second-order valence-corrected chi connectivity index (χ2v) is 7.49. The highest BCUT2D eigenvalue weighted by Crippen LogP contribution is 2.20. The van der Waals surface area contributed by atoms with E-state index in [4.69, 9.17) is 0 Å². The lowest BCUT2D eigenvalue weighted by Gasteiger charge is -2.33. The van der Waals surface area contributed by atoms with Gasteiger partial charge >= 0.3 is 0 Å². The summed E-state index contributed by atoms with van der Waals surface area (Å²) in [5.41, 5.74) is 2.36. The highest BCUT2D eigenvalue weighted by atomic mass is 16.2. The molecule has 1 atom stereocenters. The summed E-state index contributed by atoms with van der Waals surface area (Å²) in [4.78, 5) is 15.6. The summed E-state index contributed by atoms with van der Waals surface area (Å²) in [5, 5.41) is 3.30. The average Bonchev–Trinajstić information content (AvgIpc) is 3.25. The molecule has 28 heavy (non-hydrogen) atoms. The first-order chi connectivity index (χ1) is 13.8. The Kier molecular flexibility index (Phi) is 5.88. The number of aromatic nitrogens is 1. The van der Waals surface area contributed by atoms with Crippen LogP contribution in [-0.2, 0) is 11.3 Å². The van der Waals surface area contributed by atoms with Gasteiger partial charge < -0.3 is 9.88 Å². The largest absolute Gasteiger partial charge is 0.351 e. The van der Waals surface area contributed by atoms with Gasteiger partial charge in [-0.3, -0.25) is 9.69 Å². The molecule has 1 aliphatic rings. The molecule has 3 aromatic rings. The number of rotatable bonds is 6. The van der Waals surface area contributed by atoms with Crippen LogP contribution >= 0.6 is 0 Å². The number of hydrogen-bond acceptors (Lipinski definition) is 2. The number of carbonyl (C=O) groups excluding carboxylic acids is 1. The highest BCUT2D eigenvalue weighted by molar-refractivity contribution is 5.83. The minimum Gasteiger partial charge on any atom is -0.351 e. The van der Waals surface area contributed by atoms with Crippen molar-refractivity contribution in [3.8, 4) is 0 Å². The van der Waals surface area contributed by atoms with Gasteiger partial charge in [0, 0.05) is 38.1 Å². The third-order valence-corrected chi connectivity index (χ3v) is 5.47. The van der Waals surface area contributed by atoms with E-state index < -0.39 is 0 Å². The summed E-state index contributed by atoms with van der Waals surface area (Å²) in [7, 11) is 0. The van der Waals surface area contributed by atoms with Crippen molar-refractivity contribution in [2.75, 3.05) is 13.1 Å². The van der Waals surface area contributed by atoms with Crippen molar-refractivity contribution in [2.45, 2.75) is 31.5 Å². The van der Waals surface area contributed by atoms with Crippen LogP contribution in [0.4, 0.5) is 0 Å². The van der Waals surface area contributed by atoms with Crippen LogP contribution in [-0.4, -0.2) is 34.5 Å². The summed E-state index contributed by atoms with van der Waals surface area (Å²) in [6.07, 6.45) is 5.90. The standard InChI is InChI=1S/C24H27N3O/c28-24(23(27-15-7-8-16-27)21-11-5-2-6-12-21)25-22-13-17-26(18-14-22)19-20-9-3-1-4-10-20/h1-12,15-16,22-23H,13-14,17-19H2,(H,25,28). The quantitative estimate of drug-likeness (QED) is 0.712. The van der Waals surface area contributed by atoms with Crippen molar-refractivity contribution in [3.05, 3.63) is 96.3 Å². The molecule has 0 bridgehead atoms. The second-order valence-electron chi connectivity index (χ2n) is 7.49. The molecule has 1 aromatic heterocycles. The topological polar surface area (TPSA) is 37.3 Å². The van der Waals surface area contributed by atoms with Gasteiger partial charge in [-0.1, -0.05) is 60.7 Å². The van der Waals surface area contributed by atoms with Crippen LogP contribution in [0, 0.1) is 0 Å². The maximum absolute atomic E-state index is 13.1. The maximum atomic E-state index is 13.1. The number of carbonyl (C=O) groups is 1. The Morgan fingerprint density at radius 2 is 1.50 bits per heavy atom. The van der Waals surface area contributed by atoms with E-state index in [9.17, 15) is 4.79 Å². The van der Waals surface area contributed by atoms with E-state index in [0.29, 0.717) is 0 Å². The number of benzene rings is 2. The molecule has 1 unspecified atom stereocenters. The monoisotopic (exact) mass is 373 g/mol. The molecule has 1 N–H and O–H groups in total. The molecule has 1 aliphatic heterocycles. The highest BCUT2D eigenvalue weighted by Gasteiger charge is 2.26. The zero-order valence-electron chi connectivity index (χ0n) is 16.1. The van der Waals surface area contributed by atoms with Crippen molar-refractivity contribution >= 4 is 5.91 Å². The van der Waals surface area contributed by atoms with Gasteiger partial charge in [-0.15, -0.1) is 0 Å². The third kappa shape index (κ3) is 4.52. The van der Waals surface area contributed by atoms with Gasteiger partial charge in [-0.25, -0.2) is 0 Å².